The Bertz CT molecular complexity index is 965. The number of nitrogens with one attached hydrogen (secondary N) is 2. The van der Waals surface area contributed by atoms with Crippen molar-refractivity contribution >= 4 is 17.8 Å². The molecular formula is C21H21F2N3O4. The summed E-state index contributed by atoms with van der Waals surface area (Å²) < 4.78 is 28.6. The van der Waals surface area contributed by atoms with Crippen molar-refractivity contribution in [3.8, 4) is 5.75 Å². The van der Waals surface area contributed by atoms with Gasteiger partial charge in [0.15, 0.2) is 0 Å². The van der Waals surface area contributed by atoms with Crippen LogP contribution in [0.5, 0.6) is 5.75 Å². The first kappa shape index (κ1) is 21.2. The van der Waals surface area contributed by atoms with Crippen molar-refractivity contribution in [2.24, 2.45) is 0 Å². The molecule has 1 unspecified atom stereocenters. The van der Waals surface area contributed by atoms with E-state index in [4.69, 9.17) is 0 Å². The molecule has 30 heavy (non-hydrogen) atoms. The Hall–Kier alpha value is -3.49. The second-order valence-electron chi connectivity index (χ2n) is 7.06. The molecule has 4 amide bonds. The van der Waals surface area contributed by atoms with Crippen molar-refractivity contribution < 1.29 is 27.9 Å². The molecule has 0 saturated carbocycles. The van der Waals surface area contributed by atoms with E-state index in [2.05, 4.69) is 15.4 Å². The molecule has 7 nitrogen and oxygen atoms in total. The molecule has 0 spiro atoms. The first-order valence-electron chi connectivity index (χ1n) is 9.21. The Balaban J connectivity index is 1.61. The second kappa shape index (κ2) is 8.48. The van der Waals surface area contributed by atoms with Gasteiger partial charge in [-0.25, -0.2) is 4.79 Å². The summed E-state index contributed by atoms with van der Waals surface area (Å²) in [5, 5.41) is 5.27. The lowest BCUT2D eigenvalue weighted by atomic mass is 9.88. The average molecular weight is 417 g/mol. The van der Waals surface area contributed by atoms with Gasteiger partial charge in [0.2, 0.25) is 5.91 Å². The largest absolute Gasteiger partial charge is 0.435 e. The minimum Gasteiger partial charge on any atom is -0.435 e. The third kappa shape index (κ3) is 4.40. The van der Waals surface area contributed by atoms with Crippen LogP contribution in [-0.4, -0.2) is 35.9 Å². The van der Waals surface area contributed by atoms with E-state index in [1.54, 1.807) is 19.1 Å². The maximum absolute atomic E-state index is 12.9. The zero-order valence-corrected chi connectivity index (χ0v) is 16.4. The third-order valence-corrected chi connectivity index (χ3v) is 4.90. The number of ether oxygens (including phenoxy) is 1. The van der Waals surface area contributed by atoms with E-state index in [0.29, 0.717) is 11.1 Å². The number of rotatable bonds is 7. The van der Waals surface area contributed by atoms with Gasteiger partial charge in [-0.2, -0.15) is 8.78 Å². The number of hydrogen-bond acceptors (Lipinski definition) is 4. The van der Waals surface area contributed by atoms with Crippen LogP contribution < -0.4 is 15.4 Å². The number of halogens is 2. The Morgan fingerprint density at radius 2 is 1.83 bits per heavy atom. The highest BCUT2D eigenvalue weighted by molar-refractivity contribution is 6.09. The fourth-order valence-electron chi connectivity index (χ4n) is 3.35. The molecule has 3 rings (SSSR count). The molecule has 1 aliphatic rings. The van der Waals surface area contributed by atoms with Crippen molar-refractivity contribution in [3.05, 3.63) is 65.2 Å². The standard InChI is InChI=1S/C21H21F2N3O4/c1-13-5-3-4-6-16(13)21(2)18(28)26(20(29)25-21)12-17(27)24-11-14-7-9-15(10-8-14)30-19(22)23/h3-10,19H,11-12H2,1-2H3,(H,24,27)(H,25,29). The van der Waals surface area contributed by atoms with Gasteiger partial charge in [0.05, 0.1) is 0 Å². The molecule has 0 aromatic heterocycles. The van der Waals surface area contributed by atoms with Crippen LogP contribution >= 0.6 is 0 Å². The summed E-state index contributed by atoms with van der Waals surface area (Å²) in [6.07, 6.45) is 0. The number of urea groups is 1. The Kier molecular flexibility index (Phi) is 6.00. The summed E-state index contributed by atoms with van der Waals surface area (Å²) in [4.78, 5) is 38.4. The zero-order valence-electron chi connectivity index (χ0n) is 16.4. The number of carbonyl (C=O) groups is 3. The highest BCUT2D eigenvalue weighted by Gasteiger charge is 2.49. The molecule has 0 bridgehead atoms. The normalized spacial score (nSPS) is 18.5. The molecular weight excluding hydrogens is 396 g/mol. The number of amides is 4. The SMILES string of the molecule is Cc1ccccc1C1(C)NC(=O)N(CC(=O)NCc2ccc(OC(F)F)cc2)C1=O. The van der Waals surface area contributed by atoms with Crippen molar-refractivity contribution in [2.45, 2.75) is 32.5 Å². The fraction of sp³-hybridized carbons (Fsp3) is 0.286. The molecule has 1 fully saturated rings. The first-order valence-corrected chi connectivity index (χ1v) is 9.21. The third-order valence-electron chi connectivity index (χ3n) is 4.90. The number of hydrogen-bond donors (Lipinski definition) is 2. The number of imide groups is 1. The summed E-state index contributed by atoms with van der Waals surface area (Å²) in [7, 11) is 0. The highest BCUT2D eigenvalue weighted by Crippen LogP contribution is 2.30. The molecule has 9 heteroatoms. The van der Waals surface area contributed by atoms with Gasteiger partial charge in [0.1, 0.15) is 17.8 Å². The summed E-state index contributed by atoms with van der Waals surface area (Å²) in [5.74, 6) is -1.03. The lowest BCUT2D eigenvalue weighted by Gasteiger charge is -2.24. The number of alkyl halides is 2. The van der Waals surface area contributed by atoms with Crippen LogP contribution in [0.2, 0.25) is 0 Å². The summed E-state index contributed by atoms with van der Waals surface area (Å²) in [6.45, 7) is 0.208. The van der Waals surface area contributed by atoms with E-state index in [-0.39, 0.29) is 12.3 Å². The molecule has 1 atom stereocenters. The van der Waals surface area contributed by atoms with Gasteiger partial charge in [-0.15, -0.1) is 0 Å². The minimum atomic E-state index is -2.91. The molecule has 1 saturated heterocycles. The highest BCUT2D eigenvalue weighted by atomic mass is 19.3. The van der Waals surface area contributed by atoms with E-state index in [0.717, 1.165) is 10.5 Å². The van der Waals surface area contributed by atoms with Crippen LogP contribution in [0.25, 0.3) is 0 Å². The molecule has 158 valence electrons. The molecule has 2 aromatic carbocycles. The number of benzene rings is 2. The van der Waals surface area contributed by atoms with E-state index in [9.17, 15) is 23.2 Å². The monoisotopic (exact) mass is 417 g/mol. The van der Waals surface area contributed by atoms with Crippen LogP contribution in [0.1, 0.15) is 23.6 Å². The van der Waals surface area contributed by atoms with Gasteiger partial charge >= 0.3 is 12.6 Å². The zero-order chi connectivity index (χ0) is 21.9. The van der Waals surface area contributed by atoms with Crippen molar-refractivity contribution in [1.82, 2.24) is 15.5 Å². The summed E-state index contributed by atoms with van der Waals surface area (Å²) in [5.41, 5.74) is 0.909. The minimum absolute atomic E-state index is 0.00917. The Morgan fingerprint density at radius 1 is 1.17 bits per heavy atom. The Morgan fingerprint density at radius 3 is 2.47 bits per heavy atom. The number of carbonyl (C=O) groups excluding carboxylic acids is 3. The second-order valence-corrected chi connectivity index (χ2v) is 7.06. The van der Waals surface area contributed by atoms with Gasteiger partial charge < -0.3 is 15.4 Å². The smallest absolute Gasteiger partial charge is 0.387 e. The van der Waals surface area contributed by atoms with Crippen LogP contribution in [0.4, 0.5) is 13.6 Å². The predicted molar refractivity (Wildman–Crippen MR) is 104 cm³/mol. The number of nitrogens with zero attached hydrogens (tertiary/aromatic N) is 1. The fourth-order valence-corrected chi connectivity index (χ4v) is 3.35. The quantitative estimate of drug-likeness (QED) is 0.678. The summed E-state index contributed by atoms with van der Waals surface area (Å²) in [6, 6.07) is 12.3. The van der Waals surface area contributed by atoms with Crippen LogP contribution in [-0.2, 0) is 21.7 Å². The maximum atomic E-state index is 12.9. The average Bonchev–Trinajstić information content (AvgIpc) is 2.91. The van der Waals surface area contributed by atoms with Crippen molar-refractivity contribution in [2.75, 3.05) is 6.54 Å². The molecule has 1 aliphatic heterocycles. The Labute approximate surface area is 172 Å². The van der Waals surface area contributed by atoms with E-state index in [1.807, 2.05) is 19.1 Å². The number of aryl methyl sites for hydroxylation is 1. The van der Waals surface area contributed by atoms with Crippen LogP contribution in [0.3, 0.4) is 0 Å². The molecule has 1 heterocycles. The van der Waals surface area contributed by atoms with Crippen LogP contribution in [0.15, 0.2) is 48.5 Å². The molecule has 0 radical (unpaired) electrons. The topological polar surface area (TPSA) is 87.7 Å². The molecule has 2 N–H and O–H groups in total. The lowest BCUT2D eigenvalue weighted by Crippen LogP contribution is -2.43. The van der Waals surface area contributed by atoms with Crippen LogP contribution in [0, 0.1) is 6.92 Å². The first-order chi connectivity index (χ1) is 14.2. The van der Waals surface area contributed by atoms with Gasteiger partial charge in [0, 0.05) is 6.54 Å². The maximum Gasteiger partial charge on any atom is 0.387 e. The predicted octanol–water partition coefficient (Wildman–Crippen LogP) is 2.68. The van der Waals surface area contributed by atoms with Crippen molar-refractivity contribution in [1.29, 1.82) is 0 Å². The van der Waals surface area contributed by atoms with Gasteiger partial charge in [0.25, 0.3) is 5.91 Å². The van der Waals surface area contributed by atoms with E-state index >= 15 is 0 Å². The van der Waals surface area contributed by atoms with Gasteiger partial charge in [-0.1, -0.05) is 36.4 Å². The van der Waals surface area contributed by atoms with Gasteiger partial charge in [-0.3, -0.25) is 14.5 Å². The molecule has 2 aromatic rings. The van der Waals surface area contributed by atoms with E-state index < -0.39 is 36.5 Å². The van der Waals surface area contributed by atoms with Gasteiger partial charge in [-0.05, 0) is 42.7 Å². The summed E-state index contributed by atoms with van der Waals surface area (Å²) >= 11 is 0. The van der Waals surface area contributed by atoms with E-state index in [1.165, 1.54) is 24.3 Å². The lowest BCUT2D eigenvalue weighted by molar-refractivity contribution is -0.134. The molecule has 0 aliphatic carbocycles. The van der Waals surface area contributed by atoms with Crippen molar-refractivity contribution in [3.63, 3.8) is 0 Å².